The zero-order chi connectivity index (χ0) is 33.0. The lowest BCUT2D eigenvalue weighted by Crippen LogP contribution is -2.65. The lowest BCUT2D eigenvalue weighted by Gasteiger charge is -2.68. The summed E-state index contributed by atoms with van der Waals surface area (Å²) in [5.41, 5.74) is -1.91. The normalized spacial score (nSPS) is 45.9. The van der Waals surface area contributed by atoms with Gasteiger partial charge in [-0.05, 0) is 113 Å². The molecule has 9 heteroatoms. The molecule has 4 aliphatic rings. The highest BCUT2D eigenvalue weighted by atomic mass is 16.7. The Morgan fingerprint density at radius 1 is 1.05 bits per heavy atom. The summed E-state index contributed by atoms with van der Waals surface area (Å²) < 4.78 is 12.4. The minimum absolute atomic E-state index is 0.0535. The van der Waals surface area contributed by atoms with E-state index in [4.69, 9.17) is 9.47 Å². The molecular weight excluding hydrogens is 564 g/mol. The third-order valence-electron chi connectivity index (χ3n) is 12.7. The summed E-state index contributed by atoms with van der Waals surface area (Å²) in [6, 6.07) is 0. The van der Waals surface area contributed by atoms with Crippen LogP contribution in [0.3, 0.4) is 0 Å². The van der Waals surface area contributed by atoms with Crippen LogP contribution in [0.1, 0.15) is 99.8 Å². The summed E-state index contributed by atoms with van der Waals surface area (Å²) >= 11 is 0. The van der Waals surface area contributed by atoms with E-state index >= 15 is 0 Å². The number of rotatable bonds is 10. The van der Waals surface area contributed by atoms with Crippen LogP contribution in [0.2, 0.25) is 0 Å². The van der Waals surface area contributed by atoms with Gasteiger partial charge in [0.2, 0.25) is 0 Å². The van der Waals surface area contributed by atoms with Gasteiger partial charge >= 0.3 is 5.97 Å². The van der Waals surface area contributed by atoms with E-state index in [2.05, 4.69) is 27.4 Å². The highest BCUT2D eigenvalue weighted by molar-refractivity contribution is 5.66. The van der Waals surface area contributed by atoms with Crippen molar-refractivity contribution in [2.45, 2.75) is 142 Å². The number of fused-ring (bicyclic) bond motifs is 3. The molecule has 252 valence electrons. The molecule has 0 aromatic rings. The second-order valence-electron chi connectivity index (χ2n) is 16.2. The minimum Gasteiger partial charge on any atom is -0.481 e. The molecule has 3 saturated carbocycles. The van der Waals surface area contributed by atoms with Gasteiger partial charge in [-0.3, -0.25) is 4.79 Å². The van der Waals surface area contributed by atoms with E-state index in [-0.39, 0.29) is 52.9 Å². The van der Waals surface area contributed by atoms with Crippen LogP contribution in [0.15, 0.2) is 24.3 Å². The monoisotopic (exact) mass is 622 g/mol. The van der Waals surface area contributed by atoms with Crippen molar-refractivity contribution in [2.75, 3.05) is 6.61 Å². The minimum atomic E-state index is -1.44. The standard InChI is InChI=1S/C35H58O9/c1-20(2)21-10-16-33(6)25(32(21,5)15-12-26(37)38)18-24(44-30-29(40)28(39)23(36)19-43-30)27-22(11-17-34(27,33)7)35(8,42)14-9-13-31(3,4)41/h9,13,21-25,27-30,36,39-42H,1,10-12,14-19H2,2-8H3,(H,37,38). The van der Waals surface area contributed by atoms with Crippen LogP contribution in [0, 0.1) is 39.9 Å². The number of carbonyl (C=O) groups is 1. The Labute approximate surface area is 263 Å². The summed E-state index contributed by atoms with van der Waals surface area (Å²) in [5, 5.41) is 63.5. The highest BCUT2D eigenvalue weighted by Gasteiger charge is 2.70. The fourth-order valence-corrected chi connectivity index (χ4v) is 10.3. The van der Waals surface area contributed by atoms with E-state index < -0.39 is 47.9 Å². The first-order chi connectivity index (χ1) is 20.2. The fraction of sp³-hybridized carbons (Fsp3) is 0.857. The molecule has 9 nitrogen and oxygen atoms in total. The first-order valence-electron chi connectivity index (χ1n) is 16.5. The molecule has 13 atom stereocenters. The quantitative estimate of drug-likeness (QED) is 0.155. The van der Waals surface area contributed by atoms with Gasteiger partial charge in [0.25, 0.3) is 0 Å². The summed E-state index contributed by atoms with van der Waals surface area (Å²) in [6.45, 7) is 18.3. The molecule has 44 heavy (non-hydrogen) atoms. The molecule has 0 radical (unpaired) electrons. The van der Waals surface area contributed by atoms with Gasteiger partial charge < -0.3 is 40.1 Å². The number of hydrogen-bond acceptors (Lipinski definition) is 8. The van der Waals surface area contributed by atoms with Crippen molar-refractivity contribution >= 4 is 5.97 Å². The maximum Gasteiger partial charge on any atom is 0.303 e. The molecule has 4 fully saturated rings. The van der Waals surface area contributed by atoms with Crippen molar-refractivity contribution in [1.82, 2.24) is 0 Å². The molecule has 0 aromatic carbocycles. The molecular formula is C35H58O9. The zero-order valence-corrected chi connectivity index (χ0v) is 27.8. The molecule has 1 aliphatic heterocycles. The van der Waals surface area contributed by atoms with Crippen molar-refractivity contribution in [3.05, 3.63) is 24.3 Å². The van der Waals surface area contributed by atoms with E-state index in [1.165, 1.54) is 0 Å². The first kappa shape index (κ1) is 35.5. The van der Waals surface area contributed by atoms with Gasteiger partial charge in [0, 0.05) is 6.42 Å². The molecule has 0 spiro atoms. The Hall–Kier alpha value is -1.33. The van der Waals surface area contributed by atoms with Crippen LogP contribution in [-0.2, 0) is 14.3 Å². The van der Waals surface area contributed by atoms with Gasteiger partial charge in [-0.15, -0.1) is 0 Å². The van der Waals surface area contributed by atoms with E-state index in [0.717, 1.165) is 31.3 Å². The Morgan fingerprint density at radius 3 is 2.27 bits per heavy atom. The smallest absolute Gasteiger partial charge is 0.303 e. The van der Waals surface area contributed by atoms with E-state index in [9.17, 15) is 35.4 Å². The number of aliphatic hydroxyl groups is 5. The molecule has 0 aromatic heterocycles. The molecule has 6 N–H and O–H groups in total. The largest absolute Gasteiger partial charge is 0.481 e. The summed E-state index contributed by atoms with van der Waals surface area (Å²) in [6.07, 6.45) is 2.80. The molecule has 13 unspecified atom stereocenters. The van der Waals surface area contributed by atoms with Crippen molar-refractivity contribution < 1.29 is 44.9 Å². The number of ether oxygens (including phenoxy) is 2. The Kier molecular flexibility index (Phi) is 9.98. The average Bonchev–Trinajstić information content (AvgIpc) is 3.28. The van der Waals surface area contributed by atoms with Gasteiger partial charge in [-0.2, -0.15) is 0 Å². The molecule has 1 heterocycles. The summed E-state index contributed by atoms with van der Waals surface area (Å²) in [7, 11) is 0. The van der Waals surface area contributed by atoms with Gasteiger partial charge in [-0.1, -0.05) is 45.1 Å². The van der Waals surface area contributed by atoms with Crippen LogP contribution in [0.25, 0.3) is 0 Å². The van der Waals surface area contributed by atoms with Crippen LogP contribution in [0.5, 0.6) is 0 Å². The Bertz CT molecular complexity index is 1100. The molecule has 4 rings (SSSR count). The van der Waals surface area contributed by atoms with Crippen molar-refractivity contribution in [2.24, 2.45) is 39.9 Å². The second-order valence-corrected chi connectivity index (χ2v) is 16.2. The number of carboxylic acids is 1. The van der Waals surface area contributed by atoms with Crippen LogP contribution < -0.4 is 0 Å². The molecule has 1 saturated heterocycles. The maximum atomic E-state index is 12.0. The Morgan fingerprint density at radius 2 is 1.68 bits per heavy atom. The number of carboxylic acid groups (broad SMARTS) is 1. The molecule has 0 bridgehead atoms. The van der Waals surface area contributed by atoms with Gasteiger partial charge in [0.1, 0.15) is 18.3 Å². The van der Waals surface area contributed by atoms with Gasteiger partial charge in [0.15, 0.2) is 6.29 Å². The number of aliphatic carboxylic acids is 1. The van der Waals surface area contributed by atoms with Crippen LogP contribution >= 0.6 is 0 Å². The summed E-state index contributed by atoms with van der Waals surface area (Å²) in [4.78, 5) is 11.9. The Balaban J connectivity index is 1.79. The maximum absolute atomic E-state index is 12.0. The van der Waals surface area contributed by atoms with Crippen molar-refractivity contribution in [1.29, 1.82) is 0 Å². The predicted molar refractivity (Wildman–Crippen MR) is 166 cm³/mol. The fourth-order valence-electron chi connectivity index (χ4n) is 10.3. The van der Waals surface area contributed by atoms with Crippen LogP contribution in [-0.4, -0.2) is 85.1 Å². The highest BCUT2D eigenvalue weighted by Crippen LogP contribution is 2.74. The topological polar surface area (TPSA) is 157 Å². The van der Waals surface area contributed by atoms with Gasteiger partial charge in [0.05, 0.1) is 23.9 Å². The van der Waals surface area contributed by atoms with Crippen LogP contribution in [0.4, 0.5) is 0 Å². The molecule has 3 aliphatic carbocycles. The lowest BCUT2D eigenvalue weighted by molar-refractivity contribution is -0.312. The van der Waals surface area contributed by atoms with Crippen molar-refractivity contribution in [3.8, 4) is 0 Å². The predicted octanol–water partition coefficient (Wildman–Crippen LogP) is 4.19. The zero-order valence-electron chi connectivity index (χ0n) is 27.8. The third kappa shape index (κ3) is 6.32. The van der Waals surface area contributed by atoms with E-state index in [0.29, 0.717) is 19.3 Å². The number of allylic oxidation sites excluding steroid dienone is 1. The second kappa shape index (κ2) is 12.4. The molecule has 0 amide bonds. The first-order valence-corrected chi connectivity index (χ1v) is 16.5. The SMILES string of the molecule is C=C(C)C1CCC2(C)C(CC(OC3OCC(O)C(O)C3O)C3C(C(C)(O)CC=CC(C)(C)O)CCC32C)C1(C)CCC(=O)O. The van der Waals surface area contributed by atoms with E-state index in [1.807, 2.05) is 19.9 Å². The summed E-state index contributed by atoms with van der Waals surface area (Å²) in [5.74, 6) is -0.914. The number of aliphatic hydroxyl groups excluding tert-OH is 3. The van der Waals surface area contributed by atoms with E-state index in [1.54, 1.807) is 19.9 Å². The third-order valence-corrected chi connectivity index (χ3v) is 12.7. The van der Waals surface area contributed by atoms with Crippen molar-refractivity contribution in [3.63, 3.8) is 0 Å². The van der Waals surface area contributed by atoms with Gasteiger partial charge in [-0.25, -0.2) is 0 Å². The lowest BCUT2D eigenvalue weighted by atomic mass is 9.37. The average molecular weight is 623 g/mol. The number of hydrogen-bond donors (Lipinski definition) is 6.